The van der Waals surface area contributed by atoms with E-state index in [1.54, 1.807) is 13.8 Å². The van der Waals surface area contributed by atoms with Crippen LogP contribution in [0.4, 0.5) is 0 Å². The molecule has 0 aliphatic heterocycles. The Balaban J connectivity index is 6.22. The highest BCUT2D eigenvalue weighted by atomic mass is 16.4. The van der Waals surface area contributed by atoms with Gasteiger partial charge in [0.05, 0.1) is 37.8 Å². The van der Waals surface area contributed by atoms with Gasteiger partial charge in [0, 0.05) is 19.6 Å². The van der Waals surface area contributed by atoms with E-state index in [9.17, 15) is 73.5 Å². The standard InChI is InChI=1S/C41H76N18O15/c1-18(2)14-25(38(73)74)57-37(72)30(20(4)62)58-33(68)23(10-7-13-51-41(47)48)55-34(69)24(15-28(64)65)56-36(71)29(19(3)61)59-35(70)26(17-60)53-27(63)16-52-32(67)22(9-6-12-50-40(45)46)54-31(66)21(42)8-5-11-49-39(43)44/h18-26,29-30,60-62H,5-17,42H2,1-4H3,(H,52,67)(H,53,63)(H,54,66)(H,55,69)(H,56,71)(H,57,72)(H,58,68)(H,59,70)(H,64,65)(H,73,74)(H4,43,44,49)(H4,45,46,50)(H4,47,48,51)/t19-,20-,21+,22+,23+,24+,25+,26+,29+,30+/m1/s1. The van der Waals surface area contributed by atoms with E-state index in [1.807, 2.05) is 0 Å². The predicted molar refractivity (Wildman–Crippen MR) is 264 cm³/mol. The molecule has 0 saturated heterocycles. The van der Waals surface area contributed by atoms with Crippen molar-refractivity contribution in [2.75, 3.05) is 32.8 Å². The zero-order valence-corrected chi connectivity index (χ0v) is 41.7. The van der Waals surface area contributed by atoms with Gasteiger partial charge in [-0.15, -0.1) is 0 Å². The molecule has 0 aliphatic carbocycles. The summed E-state index contributed by atoms with van der Waals surface area (Å²) in [5, 5.41) is 68.0. The molecule has 0 rings (SSSR count). The van der Waals surface area contributed by atoms with Crippen molar-refractivity contribution in [1.29, 1.82) is 0 Å². The molecule has 0 fully saturated rings. The van der Waals surface area contributed by atoms with Crippen LogP contribution in [-0.2, 0) is 47.9 Å². The Morgan fingerprint density at radius 2 is 0.878 bits per heavy atom. The third kappa shape index (κ3) is 27.8. The van der Waals surface area contributed by atoms with Gasteiger partial charge < -0.3 is 108 Å². The molecule has 420 valence electrons. The molecule has 0 saturated carbocycles. The van der Waals surface area contributed by atoms with Crippen molar-refractivity contribution in [1.82, 2.24) is 42.5 Å². The van der Waals surface area contributed by atoms with Crippen LogP contribution in [0.5, 0.6) is 0 Å². The van der Waals surface area contributed by atoms with E-state index in [0.717, 1.165) is 13.8 Å². The van der Waals surface area contributed by atoms with E-state index in [-0.39, 0.29) is 82.0 Å². The molecule has 0 aromatic heterocycles. The zero-order chi connectivity index (χ0) is 56.8. The number of nitrogens with one attached hydrogen (secondary N) is 8. The molecule has 33 nitrogen and oxygen atoms in total. The van der Waals surface area contributed by atoms with Gasteiger partial charge in [-0.1, -0.05) is 13.8 Å². The molecule has 0 spiro atoms. The minimum absolute atomic E-state index is 0.0133. The highest BCUT2D eigenvalue weighted by Crippen LogP contribution is 2.09. The summed E-state index contributed by atoms with van der Waals surface area (Å²) in [4.78, 5) is 141. The molecule has 0 aliphatic rings. The lowest BCUT2D eigenvalue weighted by Gasteiger charge is -2.28. The van der Waals surface area contributed by atoms with Crippen molar-refractivity contribution >= 4 is 77.1 Å². The van der Waals surface area contributed by atoms with E-state index in [2.05, 4.69) is 57.5 Å². The normalized spacial score (nSPS) is 14.9. The Hall–Kier alpha value is -7.65. The van der Waals surface area contributed by atoms with E-state index < -0.39 is 139 Å². The summed E-state index contributed by atoms with van der Waals surface area (Å²) in [6.07, 6.45) is -4.32. The number of carbonyl (C=O) groups is 10. The maximum Gasteiger partial charge on any atom is 0.326 e. The number of carboxylic acid groups (broad SMARTS) is 2. The molecule has 33 heteroatoms. The fourth-order valence-corrected chi connectivity index (χ4v) is 6.39. The summed E-state index contributed by atoms with van der Waals surface area (Å²) in [5.41, 5.74) is 38.0. The van der Waals surface area contributed by atoms with Crippen LogP contribution in [0.1, 0.15) is 79.1 Å². The van der Waals surface area contributed by atoms with Crippen LogP contribution in [-0.4, -0.2) is 196 Å². The number of hydrogen-bond acceptors (Lipinski definition) is 17. The molecule has 0 radical (unpaired) electrons. The molecule has 0 aromatic rings. The van der Waals surface area contributed by atoms with Crippen LogP contribution in [0.15, 0.2) is 15.0 Å². The summed E-state index contributed by atoms with van der Waals surface area (Å²) in [5.74, 6) is -12.8. The highest BCUT2D eigenvalue weighted by molar-refractivity contribution is 5.98. The van der Waals surface area contributed by atoms with Crippen molar-refractivity contribution in [3.05, 3.63) is 0 Å². The maximum atomic E-state index is 13.7. The smallest absolute Gasteiger partial charge is 0.326 e. The highest BCUT2D eigenvalue weighted by Gasteiger charge is 2.36. The number of amides is 8. The van der Waals surface area contributed by atoms with Crippen LogP contribution < -0.4 is 82.7 Å². The number of carboxylic acids is 2. The number of nitrogens with zero attached hydrogens (tertiary/aromatic N) is 3. The molecule has 10 atom stereocenters. The van der Waals surface area contributed by atoms with Gasteiger partial charge in [-0.25, -0.2) is 4.79 Å². The van der Waals surface area contributed by atoms with Crippen LogP contribution in [0, 0.1) is 5.92 Å². The third-order valence-corrected chi connectivity index (χ3v) is 10.2. The van der Waals surface area contributed by atoms with Gasteiger partial charge in [0.1, 0.15) is 42.3 Å². The summed E-state index contributed by atoms with van der Waals surface area (Å²) in [6, 6.07) is -13.1. The lowest BCUT2D eigenvalue weighted by molar-refractivity contribution is -0.143. The Labute approximate surface area is 425 Å². The van der Waals surface area contributed by atoms with Crippen molar-refractivity contribution < 1.29 is 73.5 Å². The van der Waals surface area contributed by atoms with Gasteiger partial charge in [0.2, 0.25) is 47.3 Å². The first-order valence-corrected chi connectivity index (χ1v) is 23.2. The second-order valence-corrected chi connectivity index (χ2v) is 17.2. The largest absolute Gasteiger partial charge is 0.481 e. The monoisotopic (exact) mass is 1060 g/mol. The number of carbonyl (C=O) groups excluding carboxylic acids is 8. The lowest BCUT2D eigenvalue weighted by atomic mass is 10.0. The average Bonchev–Trinajstić information content (AvgIpc) is 3.29. The van der Waals surface area contributed by atoms with E-state index in [4.69, 9.17) is 40.1 Å². The second-order valence-electron chi connectivity index (χ2n) is 17.2. The summed E-state index contributed by atoms with van der Waals surface area (Å²) < 4.78 is 0. The number of hydrogen-bond donors (Lipinski definition) is 20. The maximum absolute atomic E-state index is 13.7. The van der Waals surface area contributed by atoms with Gasteiger partial charge in [0.25, 0.3) is 0 Å². The van der Waals surface area contributed by atoms with Crippen molar-refractivity contribution in [2.45, 2.75) is 140 Å². The predicted octanol–water partition coefficient (Wildman–Crippen LogP) is -9.66. The fourth-order valence-electron chi connectivity index (χ4n) is 6.39. The van der Waals surface area contributed by atoms with Crippen LogP contribution in [0.25, 0.3) is 0 Å². The van der Waals surface area contributed by atoms with E-state index in [1.165, 1.54) is 0 Å². The molecule has 8 amide bonds. The van der Waals surface area contributed by atoms with E-state index >= 15 is 0 Å². The molecule has 74 heavy (non-hydrogen) atoms. The number of rotatable bonds is 36. The Kier molecular flexibility index (Phi) is 31.1. The molecule has 27 N–H and O–H groups in total. The van der Waals surface area contributed by atoms with Gasteiger partial charge in [-0.3, -0.25) is 58.1 Å². The molecular weight excluding hydrogens is 985 g/mol. The summed E-state index contributed by atoms with van der Waals surface area (Å²) in [6.45, 7) is 3.72. The van der Waals surface area contributed by atoms with Crippen LogP contribution in [0.3, 0.4) is 0 Å². The first kappa shape index (κ1) is 66.3. The minimum Gasteiger partial charge on any atom is -0.481 e. The van der Waals surface area contributed by atoms with Crippen LogP contribution >= 0.6 is 0 Å². The number of aliphatic imine (C=N–C) groups is 3. The average molecular weight is 1060 g/mol. The summed E-state index contributed by atoms with van der Waals surface area (Å²) in [7, 11) is 0. The third-order valence-electron chi connectivity index (χ3n) is 10.2. The molecule has 0 aromatic carbocycles. The first-order chi connectivity index (χ1) is 34.5. The number of guanidine groups is 3. The van der Waals surface area contributed by atoms with Gasteiger partial charge in [-0.05, 0) is 64.7 Å². The molecular formula is C41H76N18O15. The number of aliphatic carboxylic acids is 2. The number of aliphatic hydroxyl groups excluding tert-OH is 3. The second kappa shape index (κ2) is 34.7. The van der Waals surface area contributed by atoms with Crippen molar-refractivity contribution in [2.24, 2.45) is 61.0 Å². The zero-order valence-electron chi connectivity index (χ0n) is 41.7. The molecule has 0 unspecified atom stereocenters. The number of aliphatic hydroxyl groups is 3. The minimum atomic E-state index is -2.04. The Morgan fingerprint density at radius 3 is 1.28 bits per heavy atom. The van der Waals surface area contributed by atoms with Crippen molar-refractivity contribution in [3.63, 3.8) is 0 Å². The van der Waals surface area contributed by atoms with E-state index in [0.29, 0.717) is 6.42 Å². The topological polar surface area (TPSA) is 587 Å². The SMILES string of the molecule is CC(C)C[C@H](NC(=O)[C@@H](NC(=O)[C@H](CCCN=C(N)N)NC(=O)[C@H](CC(=O)O)NC(=O)[C@@H](NC(=O)[C@H](CO)NC(=O)CNC(=O)[C@H](CCCN=C(N)N)NC(=O)[C@@H](N)CCCN=C(N)N)[C@@H](C)O)[C@@H](C)O)C(=O)O. The lowest BCUT2D eigenvalue weighted by Crippen LogP contribution is -2.62. The van der Waals surface area contributed by atoms with Gasteiger partial charge >= 0.3 is 11.9 Å². The van der Waals surface area contributed by atoms with Gasteiger partial charge in [-0.2, -0.15) is 0 Å². The quantitative estimate of drug-likeness (QED) is 0.0157. The fraction of sp³-hybridized carbons (Fsp3) is 0.683. The van der Waals surface area contributed by atoms with Gasteiger partial charge in [0.15, 0.2) is 17.9 Å². The Morgan fingerprint density at radius 1 is 0.486 bits per heavy atom. The first-order valence-electron chi connectivity index (χ1n) is 23.2. The number of nitrogens with two attached hydrogens (primary N) is 7. The van der Waals surface area contributed by atoms with Crippen LogP contribution in [0.2, 0.25) is 0 Å². The molecule has 0 bridgehead atoms. The molecule has 0 heterocycles. The summed E-state index contributed by atoms with van der Waals surface area (Å²) >= 11 is 0. The van der Waals surface area contributed by atoms with Crippen molar-refractivity contribution in [3.8, 4) is 0 Å². The Bertz CT molecular complexity index is 1990.